The summed E-state index contributed by atoms with van der Waals surface area (Å²) >= 11 is 0. The monoisotopic (exact) mass is 391 g/mol. The number of ketones is 1. The van der Waals surface area contributed by atoms with Crippen LogP contribution in [0.1, 0.15) is 56.3 Å². The third-order valence-corrected chi connectivity index (χ3v) is 4.87. The van der Waals surface area contributed by atoms with Crippen molar-refractivity contribution in [2.75, 3.05) is 0 Å². The minimum absolute atomic E-state index is 0.0113. The molecule has 3 aromatic heterocycles. The molecule has 0 saturated heterocycles. The van der Waals surface area contributed by atoms with Gasteiger partial charge in [0.2, 0.25) is 0 Å². The third kappa shape index (κ3) is 3.04. The number of amides is 1. The van der Waals surface area contributed by atoms with E-state index < -0.39 is 17.6 Å². The quantitative estimate of drug-likeness (QED) is 0.718. The first kappa shape index (κ1) is 18.2. The summed E-state index contributed by atoms with van der Waals surface area (Å²) in [4.78, 5) is 27.6. The van der Waals surface area contributed by atoms with Gasteiger partial charge in [-0.3, -0.25) is 14.0 Å². The summed E-state index contributed by atoms with van der Waals surface area (Å²) in [7, 11) is 0. The lowest BCUT2D eigenvalue weighted by atomic mass is 9.94. The van der Waals surface area contributed by atoms with Crippen LogP contribution in [-0.2, 0) is 19.1 Å². The molecule has 3 aromatic rings. The van der Waals surface area contributed by atoms with Crippen LogP contribution in [-0.4, -0.2) is 31.3 Å². The van der Waals surface area contributed by atoms with E-state index in [0.717, 1.165) is 24.4 Å². The molecule has 0 fully saturated rings. The number of aromatic nitrogens is 4. The molecule has 3 heterocycles. The molecular formula is C18H16F3N5O2. The zero-order chi connectivity index (χ0) is 20.1. The Kier molecular flexibility index (Phi) is 4.20. The fraction of sp³-hybridized carbons (Fsp3) is 0.333. The van der Waals surface area contributed by atoms with Gasteiger partial charge in [0.25, 0.3) is 5.91 Å². The predicted molar refractivity (Wildman–Crippen MR) is 92.0 cm³/mol. The number of pyridine rings is 1. The molecule has 2 N–H and O–H groups in total. The summed E-state index contributed by atoms with van der Waals surface area (Å²) in [6.07, 6.45) is -1.70. The maximum absolute atomic E-state index is 12.9. The average molecular weight is 391 g/mol. The third-order valence-electron chi connectivity index (χ3n) is 4.87. The highest BCUT2D eigenvalue weighted by Gasteiger charge is 2.31. The van der Waals surface area contributed by atoms with Crippen molar-refractivity contribution in [2.45, 2.75) is 38.9 Å². The van der Waals surface area contributed by atoms with E-state index in [1.54, 1.807) is 6.92 Å². The molecule has 0 bridgehead atoms. The summed E-state index contributed by atoms with van der Waals surface area (Å²) < 4.78 is 40.0. The zero-order valence-electron chi connectivity index (χ0n) is 14.9. The largest absolute Gasteiger partial charge is 0.417 e. The first-order chi connectivity index (χ1) is 13.3. The van der Waals surface area contributed by atoms with E-state index in [9.17, 15) is 22.8 Å². The van der Waals surface area contributed by atoms with Crippen molar-refractivity contribution in [1.82, 2.24) is 24.9 Å². The van der Waals surface area contributed by atoms with E-state index in [1.807, 2.05) is 0 Å². The summed E-state index contributed by atoms with van der Waals surface area (Å²) in [5, 5.41) is 10.3. The minimum atomic E-state index is -4.49. The SMILES string of the molecule is Cc1c(C(=O)NCc2nnc3ccc(C(F)(F)F)cn23)[nH]c2c1C(=O)CCC2. The van der Waals surface area contributed by atoms with Crippen molar-refractivity contribution in [3.05, 3.63) is 52.2 Å². The lowest BCUT2D eigenvalue weighted by Crippen LogP contribution is -2.25. The Bertz CT molecular complexity index is 1100. The van der Waals surface area contributed by atoms with Crippen molar-refractivity contribution >= 4 is 17.3 Å². The van der Waals surface area contributed by atoms with E-state index in [-0.39, 0.29) is 29.5 Å². The number of nitrogens with zero attached hydrogens (tertiary/aromatic N) is 3. The highest BCUT2D eigenvalue weighted by molar-refractivity contribution is 6.04. The van der Waals surface area contributed by atoms with Gasteiger partial charge in [-0.15, -0.1) is 10.2 Å². The molecule has 0 spiro atoms. The van der Waals surface area contributed by atoms with Gasteiger partial charge in [0, 0.05) is 23.9 Å². The van der Waals surface area contributed by atoms with Crippen LogP contribution in [0.15, 0.2) is 18.3 Å². The lowest BCUT2D eigenvalue weighted by molar-refractivity contribution is -0.137. The molecule has 28 heavy (non-hydrogen) atoms. The van der Waals surface area contributed by atoms with Gasteiger partial charge in [-0.25, -0.2) is 0 Å². The van der Waals surface area contributed by atoms with Gasteiger partial charge in [-0.2, -0.15) is 13.2 Å². The summed E-state index contributed by atoms with van der Waals surface area (Å²) in [5.41, 5.74) is 1.60. The number of alkyl halides is 3. The Labute approximate surface area is 157 Å². The van der Waals surface area contributed by atoms with E-state index in [4.69, 9.17) is 0 Å². The fourth-order valence-electron chi connectivity index (χ4n) is 3.48. The van der Waals surface area contributed by atoms with Crippen LogP contribution in [0.2, 0.25) is 0 Å². The Morgan fingerprint density at radius 2 is 2.07 bits per heavy atom. The molecule has 0 unspecified atom stereocenters. The normalized spacial score (nSPS) is 14.4. The predicted octanol–water partition coefficient (Wildman–Crippen LogP) is 2.83. The number of carbonyl (C=O) groups is 2. The van der Waals surface area contributed by atoms with Gasteiger partial charge < -0.3 is 10.3 Å². The molecule has 10 heteroatoms. The second-order valence-corrected chi connectivity index (χ2v) is 6.70. The van der Waals surface area contributed by atoms with Gasteiger partial charge >= 0.3 is 6.18 Å². The molecular weight excluding hydrogens is 375 g/mol. The highest BCUT2D eigenvalue weighted by Crippen LogP contribution is 2.29. The molecule has 146 valence electrons. The van der Waals surface area contributed by atoms with Crippen molar-refractivity contribution in [2.24, 2.45) is 0 Å². The number of fused-ring (bicyclic) bond motifs is 2. The maximum atomic E-state index is 12.9. The molecule has 0 saturated carbocycles. The van der Waals surface area contributed by atoms with Crippen LogP contribution < -0.4 is 5.32 Å². The van der Waals surface area contributed by atoms with Gasteiger partial charge in [0.1, 0.15) is 5.69 Å². The number of nitrogens with one attached hydrogen (secondary N) is 2. The Balaban J connectivity index is 1.57. The fourth-order valence-corrected chi connectivity index (χ4v) is 3.48. The molecule has 1 aliphatic rings. The van der Waals surface area contributed by atoms with E-state index in [1.165, 1.54) is 10.5 Å². The number of aryl methyl sites for hydroxylation is 1. The highest BCUT2D eigenvalue weighted by atomic mass is 19.4. The van der Waals surface area contributed by atoms with E-state index in [2.05, 4.69) is 20.5 Å². The topological polar surface area (TPSA) is 92.2 Å². The van der Waals surface area contributed by atoms with Gasteiger partial charge in [-0.05, 0) is 37.5 Å². The molecule has 1 amide bonds. The number of carbonyl (C=O) groups excluding carboxylic acids is 2. The first-order valence-electron chi connectivity index (χ1n) is 8.69. The van der Waals surface area contributed by atoms with Crippen LogP contribution in [0.25, 0.3) is 5.65 Å². The summed E-state index contributed by atoms with van der Waals surface area (Å²) in [6, 6.07) is 2.14. The number of Topliss-reactive ketones (excluding diaryl/α,β-unsaturated/α-hetero) is 1. The summed E-state index contributed by atoms with van der Waals surface area (Å²) in [5.74, 6) is -0.278. The number of rotatable bonds is 3. The molecule has 0 aromatic carbocycles. The number of aromatic amines is 1. The molecule has 0 radical (unpaired) electrons. The van der Waals surface area contributed by atoms with E-state index in [0.29, 0.717) is 24.0 Å². The lowest BCUT2D eigenvalue weighted by Gasteiger charge is -2.09. The molecule has 1 aliphatic carbocycles. The van der Waals surface area contributed by atoms with Crippen molar-refractivity contribution in [3.63, 3.8) is 0 Å². The smallest absolute Gasteiger partial charge is 0.354 e. The molecule has 4 rings (SSSR count). The second-order valence-electron chi connectivity index (χ2n) is 6.70. The van der Waals surface area contributed by atoms with Crippen molar-refractivity contribution in [1.29, 1.82) is 0 Å². The molecule has 0 atom stereocenters. The zero-order valence-corrected chi connectivity index (χ0v) is 14.9. The van der Waals surface area contributed by atoms with E-state index >= 15 is 0 Å². The van der Waals surface area contributed by atoms with Gasteiger partial charge in [0.15, 0.2) is 17.3 Å². The average Bonchev–Trinajstić information content (AvgIpc) is 3.20. The first-order valence-corrected chi connectivity index (χ1v) is 8.69. The van der Waals surface area contributed by atoms with Crippen LogP contribution in [0.4, 0.5) is 13.2 Å². The number of hydrogen-bond acceptors (Lipinski definition) is 4. The van der Waals surface area contributed by atoms with Crippen LogP contribution in [0, 0.1) is 6.92 Å². The maximum Gasteiger partial charge on any atom is 0.417 e. The molecule has 0 aliphatic heterocycles. The standard InChI is InChI=1S/C18H16F3N5O2/c1-9-15-11(3-2-4-12(15)27)23-16(9)17(28)22-7-14-25-24-13-6-5-10(8-26(13)14)18(19,20)21/h5-6,8,23H,2-4,7H2,1H3,(H,22,28). The Hall–Kier alpha value is -3.17. The number of H-pyrrole nitrogens is 1. The van der Waals surface area contributed by atoms with Gasteiger partial charge in [-0.1, -0.05) is 0 Å². The van der Waals surface area contributed by atoms with Crippen LogP contribution in [0.3, 0.4) is 0 Å². The van der Waals surface area contributed by atoms with Crippen molar-refractivity contribution < 1.29 is 22.8 Å². The Morgan fingerprint density at radius 1 is 1.29 bits per heavy atom. The number of halogens is 3. The number of hydrogen-bond donors (Lipinski definition) is 2. The van der Waals surface area contributed by atoms with Crippen LogP contribution >= 0.6 is 0 Å². The minimum Gasteiger partial charge on any atom is -0.354 e. The molecule has 7 nitrogen and oxygen atoms in total. The van der Waals surface area contributed by atoms with Crippen molar-refractivity contribution in [3.8, 4) is 0 Å². The summed E-state index contributed by atoms with van der Waals surface area (Å²) in [6.45, 7) is 1.59. The second kappa shape index (κ2) is 6.47. The van der Waals surface area contributed by atoms with Crippen LogP contribution in [0.5, 0.6) is 0 Å². The van der Waals surface area contributed by atoms with Gasteiger partial charge in [0.05, 0.1) is 12.1 Å². The Morgan fingerprint density at radius 3 is 2.79 bits per heavy atom.